The molecule has 2 heterocycles. The van der Waals surface area contributed by atoms with Crippen LogP contribution < -0.4 is 4.74 Å². The van der Waals surface area contributed by atoms with Crippen molar-refractivity contribution in [3.05, 3.63) is 46.4 Å². The normalized spacial score (nSPS) is 10.3. The Kier molecular flexibility index (Phi) is 4.47. The van der Waals surface area contributed by atoms with Crippen LogP contribution in [0.1, 0.15) is 28.7 Å². The maximum Gasteiger partial charge on any atom is 0.180 e. The lowest BCUT2D eigenvalue weighted by molar-refractivity contribution is 0.0983. The van der Waals surface area contributed by atoms with Crippen LogP contribution in [0.3, 0.4) is 0 Å². The third-order valence-corrected chi connectivity index (χ3v) is 3.48. The Morgan fingerprint density at radius 1 is 1.39 bits per heavy atom. The number of carbonyl (C=O) groups excluding carboxylic acids is 1. The van der Waals surface area contributed by atoms with Gasteiger partial charge in [0.1, 0.15) is 11.4 Å². The lowest BCUT2D eigenvalue weighted by Gasteiger charge is -2.05. The molecule has 18 heavy (non-hydrogen) atoms. The number of rotatable bonds is 6. The molecule has 0 saturated carbocycles. The number of hydrogen-bond donors (Lipinski definition) is 0. The molecule has 0 bridgehead atoms. The number of hydrogen-bond acceptors (Lipinski definition) is 4. The van der Waals surface area contributed by atoms with Crippen LogP contribution in [0.15, 0.2) is 35.8 Å². The van der Waals surface area contributed by atoms with Gasteiger partial charge in [-0.3, -0.25) is 4.79 Å². The number of Topliss-reactive ketones (excluding diaryl/α,β-unsaturated/α-hetero) is 1. The molecule has 94 valence electrons. The Labute approximate surface area is 110 Å². The van der Waals surface area contributed by atoms with E-state index < -0.39 is 0 Å². The van der Waals surface area contributed by atoms with Crippen molar-refractivity contribution in [2.24, 2.45) is 0 Å². The van der Waals surface area contributed by atoms with Crippen molar-refractivity contribution in [2.75, 3.05) is 6.61 Å². The van der Waals surface area contributed by atoms with Crippen molar-refractivity contribution < 1.29 is 9.53 Å². The zero-order valence-corrected chi connectivity index (χ0v) is 11.1. The molecule has 2 aromatic rings. The van der Waals surface area contributed by atoms with Gasteiger partial charge in [-0.1, -0.05) is 13.0 Å². The van der Waals surface area contributed by atoms with Crippen molar-refractivity contribution >= 4 is 17.1 Å². The van der Waals surface area contributed by atoms with E-state index in [0.29, 0.717) is 24.5 Å². The average Bonchev–Trinajstić information content (AvgIpc) is 2.92. The van der Waals surface area contributed by atoms with Crippen LogP contribution in [0.25, 0.3) is 0 Å². The number of nitrogens with zero attached hydrogens (tertiary/aromatic N) is 1. The van der Waals surface area contributed by atoms with Crippen molar-refractivity contribution in [2.45, 2.75) is 19.8 Å². The summed E-state index contributed by atoms with van der Waals surface area (Å²) >= 11 is 1.73. The second-order valence-corrected chi connectivity index (χ2v) is 4.87. The molecule has 0 atom stereocenters. The van der Waals surface area contributed by atoms with Crippen molar-refractivity contribution in [3.63, 3.8) is 0 Å². The quantitative estimate of drug-likeness (QED) is 0.748. The Bertz CT molecular complexity index is 491. The van der Waals surface area contributed by atoms with Gasteiger partial charge in [-0.15, -0.1) is 11.3 Å². The summed E-state index contributed by atoms with van der Waals surface area (Å²) in [6, 6.07) is 7.64. The SMILES string of the molecule is CCC(=O)c1ccc(OCCc2cccs2)cn1. The second-order valence-electron chi connectivity index (χ2n) is 3.83. The number of ketones is 1. The molecule has 0 aliphatic heterocycles. The van der Waals surface area contributed by atoms with Crippen LogP contribution >= 0.6 is 11.3 Å². The fourth-order valence-corrected chi connectivity index (χ4v) is 2.23. The van der Waals surface area contributed by atoms with Crippen LogP contribution in [0.2, 0.25) is 0 Å². The lowest BCUT2D eigenvalue weighted by atomic mass is 10.2. The Hall–Kier alpha value is -1.68. The summed E-state index contributed by atoms with van der Waals surface area (Å²) in [4.78, 5) is 16.8. The van der Waals surface area contributed by atoms with E-state index >= 15 is 0 Å². The summed E-state index contributed by atoms with van der Waals surface area (Å²) in [6.45, 7) is 2.46. The first kappa shape index (κ1) is 12.8. The summed E-state index contributed by atoms with van der Waals surface area (Å²) in [5, 5.41) is 2.06. The largest absolute Gasteiger partial charge is 0.492 e. The van der Waals surface area contributed by atoms with Gasteiger partial charge in [-0.2, -0.15) is 0 Å². The van der Waals surface area contributed by atoms with Gasteiger partial charge in [0.05, 0.1) is 12.8 Å². The third kappa shape index (κ3) is 3.40. The molecule has 0 aromatic carbocycles. The number of aromatic nitrogens is 1. The molecule has 0 spiro atoms. The summed E-state index contributed by atoms with van der Waals surface area (Å²) in [6.07, 6.45) is 2.98. The van der Waals surface area contributed by atoms with Gasteiger partial charge in [0.15, 0.2) is 5.78 Å². The highest BCUT2D eigenvalue weighted by Crippen LogP contribution is 2.13. The highest BCUT2D eigenvalue weighted by Gasteiger charge is 2.04. The number of pyridine rings is 1. The number of ether oxygens (including phenoxy) is 1. The topological polar surface area (TPSA) is 39.2 Å². The van der Waals surface area contributed by atoms with Crippen molar-refractivity contribution in [1.82, 2.24) is 4.98 Å². The Morgan fingerprint density at radius 2 is 2.28 bits per heavy atom. The van der Waals surface area contributed by atoms with E-state index in [2.05, 4.69) is 16.4 Å². The monoisotopic (exact) mass is 261 g/mol. The molecule has 0 aliphatic carbocycles. The maximum absolute atomic E-state index is 11.4. The van der Waals surface area contributed by atoms with Crippen LogP contribution in [-0.2, 0) is 6.42 Å². The molecule has 0 fully saturated rings. The third-order valence-electron chi connectivity index (χ3n) is 2.54. The predicted molar refractivity (Wildman–Crippen MR) is 72.4 cm³/mol. The van der Waals surface area contributed by atoms with Crippen molar-refractivity contribution in [3.8, 4) is 5.75 Å². The molecule has 0 N–H and O–H groups in total. The van der Waals surface area contributed by atoms with Gasteiger partial charge in [-0.25, -0.2) is 4.98 Å². The van der Waals surface area contributed by atoms with E-state index in [4.69, 9.17) is 4.74 Å². The van der Waals surface area contributed by atoms with Gasteiger partial charge >= 0.3 is 0 Å². The summed E-state index contributed by atoms with van der Waals surface area (Å²) in [5.74, 6) is 0.763. The molecular formula is C14H15NO2S. The first-order valence-corrected chi connectivity index (χ1v) is 6.82. The van der Waals surface area contributed by atoms with Gasteiger partial charge in [0.2, 0.25) is 0 Å². The van der Waals surface area contributed by atoms with Crippen LogP contribution in [0, 0.1) is 0 Å². The molecule has 0 unspecified atom stereocenters. The minimum absolute atomic E-state index is 0.0557. The van der Waals surface area contributed by atoms with E-state index in [0.717, 1.165) is 6.42 Å². The first-order chi connectivity index (χ1) is 8.79. The molecule has 4 heteroatoms. The fourth-order valence-electron chi connectivity index (χ4n) is 1.54. The average molecular weight is 261 g/mol. The molecule has 2 rings (SSSR count). The molecule has 0 radical (unpaired) electrons. The summed E-state index contributed by atoms with van der Waals surface area (Å²) < 4.78 is 5.58. The van der Waals surface area contributed by atoms with E-state index in [9.17, 15) is 4.79 Å². The zero-order chi connectivity index (χ0) is 12.8. The zero-order valence-electron chi connectivity index (χ0n) is 10.3. The number of thiophene rings is 1. The molecule has 0 saturated heterocycles. The van der Waals surface area contributed by atoms with E-state index in [1.807, 2.05) is 13.0 Å². The number of carbonyl (C=O) groups is 1. The van der Waals surface area contributed by atoms with Gasteiger partial charge in [0.25, 0.3) is 0 Å². The molecule has 2 aromatic heterocycles. The maximum atomic E-state index is 11.4. The predicted octanol–water partition coefficient (Wildman–Crippen LogP) is 3.36. The molecule has 3 nitrogen and oxygen atoms in total. The van der Waals surface area contributed by atoms with Crippen LogP contribution in [-0.4, -0.2) is 17.4 Å². The minimum atomic E-state index is 0.0557. The van der Waals surface area contributed by atoms with E-state index in [1.54, 1.807) is 29.7 Å². The fraction of sp³-hybridized carbons (Fsp3) is 0.286. The van der Waals surface area contributed by atoms with E-state index in [-0.39, 0.29) is 5.78 Å². The van der Waals surface area contributed by atoms with E-state index in [1.165, 1.54) is 4.88 Å². The summed E-state index contributed by atoms with van der Waals surface area (Å²) in [5.41, 5.74) is 0.503. The van der Waals surface area contributed by atoms with Crippen LogP contribution in [0.5, 0.6) is 5.75 Å². The minimum Gasteiger partial charge on any atom is -0.492 e. The van der Waals surface area contributed by atoms with Crippen LogP contribution in [0.4, 0.5) is 0 Å². The van der Waals surface area contributed by atoms with Gasteiger partial charge < -0.3 is 4.74 Å². The summed E-state index contributed by atoms with van der Waals surface area (Å²) in [7, 11) is 0. The van der Waals surface area contributed by atoms with Gasteiger partial charge in [0, 0.05) is 17.7 Å². The molecule has 0 amide bonds. The van der Waals surface area contributed by atoms with Gasteiger partial charge in [-0.05, 0) is 23.6 Å². The highest BCUT2D eigenvalue weighted by atomic mass is 32.1. The lowest BCUT2D eigenvalue weighted by Crippen LogP contribution is -2.03. The molecule has 0 aliphatic rings. The van der Waals surface area contributed by atoms with Crippen molar-refractivity contribution in [1.29, 1.82) is 0 Å². The standard InChI is InChI=1S/C14H15NO2S/c1-2-14(16)13-6-5-11(10-15-13)17-8-7-12-4-3-9-18-12/h3-6,9-10H,2,7-8H2,1H3. The Morgan fingerprint density at radius 3 is 2.89 bits per heavy atom. The second kappa shape index (κ2) is 6.31. The Balaban J connectivity index is 1.85. The first-order valence-electron chi connectivity index (χ1n) is 5.94. The highest BCUT2D eigenvalue weighted by molar-refractivity contribution is 7.09. The smallest absolute Gasteiger partial charge is 0.180 e. The molecular weight excluding hydrogens is 246 g/mol.